The maximum absolute atomic E-state index is 11.8. The average Bonchev–Trinajstić information content (AvgIpc) is 2.16. The topological polar surface area (TPSA) is 41.6 Å². The lowest BCUT2D eigenvalue weighted by Gasteiger charge is -2.34. The Kier molecular flexibility index (Phi) is 5.89. The van der Waals surface area contributed by atoms with Gasteiger partial charge in [0.05, 0.1) is 6.10 Å². The summed E-state index contributed by atoms with van der Waals surface area (Å²) in [6.45, 7) is 5.00. The van der Waals surface area contributed by atoms with Crippen LogP contribution in [0.5, 0.6) is 0 Å². The fourth-order valence-corrected chi connectivity index (χ4v) is 2.76. The van der Waals surface area contributed by atoms with Crippen molar-refractivity contribution in [3.8, 4) is 0 Å². The normalized spacial score (nSPS) is 25.8. The summed E-state index contributed by atoms with van der Waals surface area (Å²) in [5.74, 6) is 2.26. The zero-order valence-electron chi connectivity index (χ0n) is 9.48. The molecule has 0 aromatic carbocycles. The summed E-state index contributed by atoms with van der Waals surface area (Å²) < 4.78 is 5.48. The highest BCUT2D eigenvalue weighted by Crippen LogP contribution is 2.16. The van der Waals surface area contributed by atoms with Gasteiger partial charge in [0, 0.05) is 37.2 Å². The van der Waals surface area contributed by atoms with Crippen molar-refractivity contribution in [2.24, 2.45) is 0 Å². The van der Waals surface area contributed by atoms with Gasteiger partial charge in [-0.15, -0.1) is 12.4 Å². The zero-order valence-corrected chi connectivity index (χ0v) is 11.1. The average molecular weight is 267 g/mol. The SMILES string of the molecule is CC1CSCCN1C(=O)COC1CNC1.Cl. The first kappa shape index (κ1) is 14.1. The quantitative estimate of drug-likeness (QED) is 0.801. The van der Waals surface area contributed by atoms with Crippen LogP contribution >= 0.6 is 24.2 Å². The summed E-state index contributed by atoms with van der Waals surface area (Å²) in [5, 5.41) is 3.12. The van der Waals surface area contributed by atoms with E-state index in [0.717, 1.165) is 31.1 Å². The first-order valence-corrected chi connectivity index (χ1v) is 6.62. The molecule has 1 atom stereocenters. The Labute approximate surface area is 107 Å². The number of carbonyl (C=O) groups is 1. The van der Waals surface area contributed by atoms with Crippen LogP contribution in [0.4, 0.5) is 0 Å². The van der Waals surface area contributed by atoms with Crippen molar-refractivity contribution in [2.75, 3.05) is 37.7 Å². The Morgan fingerprint density at radius 3 is 2.88 bits per heavy atom. The molecule has 0 saturated carbocycles. The van der Waals surface area contributed by atoms with E-state index in [1.165, 1.54) is 0 Å². The Hall–Kier alpha value is 0.0300. The Morgan fingerprint density at radius 2 is 2.31 bits per heavy atom. The van der Waals surface area contributed by atoms with E-state index in [4.69, 9.17) is 4.74 Å². The molecule has 2 rings (SSSR count). The van der Waals surface area contributed by atoms with Gasteiger partial charge in [0.1, 0.15) is 6.61 Å². The molecule has 2 fully saturated rings. The van der Waals surface area contributed by atoms with Crippen LogP contribution in [0.1, 0.15) is 6.92 Å². The Balaban J connectivity index is 0.00000128. The fourth-order valence-electron chi connectivity index (χ4n) is 1.75. The number of rotatable bonds is 3. The summed E-state index contributed by atoms with van der Waals surface area (Å²) >= 11 is 1.92. The van der Waals surface area contributed by atoms with Crippen LogP contribution in [-0.2, 0) is 9.53 Å². The van der Waals surface area contributed by atoms with Crippen LogP contribution in [0, 0.1) is 0 Å². The summed E-state index contributed by atoms with van der Waals surface area (Å²) in [4.78, 5) is 13.8. The second kappa shape index (κ2) is 6.69. The summed E-state index contributed by atoms with van der Waals surface area (Å²) in [6, 6.07) is 0.361. The van der Waals surface area contributed by atoms with Gasteiger partial charge in [-0.05, 0) is 6.92 Å². The number of hydrogen-bond acceptors (Lipinski definition) is 4. The third-order valence-corrected chi connectivity index (χ3v) is 4.06. The molecular formula is C10H19ClN2O2S. The van der Waals surface area contributed by atoms with Gasteiger partial charge < -0.3 is 15.0 Å². The molecule has 6 heteroatoms. The van der Waals surface area contributed by atoms with Crippen LogP contribution in [0.15, 0.2) is 0 Å². The number of halogens is 1. The number of thioether (sulfide) groups is 1. The number of nitrogens with one attached hydrogen (secondary N) is 1. The van der Waals surface area contributed by atoms with E-state index in [-0.39, 0.29) is 31.0 Å². The Bertz CT molecular complexity index is 239. The molecule has 0 aliphatic carbocycles. The molecule has 2 heterocycles. The lowest BCUT2D eigenvalue weighted by atomic mass is 10.2. The highest BCUT2D eigenvalue weighted by molar-refractivity contribution is 7.99. The van der Waals surface area contributed by atoms with Gasteiger partial charge in [0.15, 0.2) is 0 Å². The largest absolute Gasteiger partial charge is 0.366 e. The molecule has 2 aliphatic rings. The van der Waals surface area contributed by atoms with E-state index in [2.05, 4.69) is 12.2 Å². The summed E-state index contributed by atoms with van der Waals surface area (Å²) in [7, 11) is 0. The van der Waals surface area contributed by atoms with Crippen LogP contribution in [-0.4, -0.2) is 60.7 Å². The first-order chi connectivity index (χ1) is 7.27. The monoisotopic (exact) mass is 266 g/mol. The molecule has 16 heavy (non-hydrogen) atoms. The molecule has 1 N–H and O–H groups in total. The second-order valence-electron chi connectivity index (χ2n) is 4.10. The molecule has 0 radical (unpaired) electrons. The summed E-state index contributed by atoms with van der Waals surface area (Å²) in [5.41, 5.74) is 0. The highest BCUT2D eigenvalue weighted by Gasteiger charge is 2.25. The van der Waals surface area contributed by atoms with E-state index in [9.17, 15) is 4.79 Å². The van der Waals surface area contributed by atoms with Gasteiger partial charge in [-0.3, -0.25) is 4.79 Å². The lowest BCUT2D eigenvalue weighted by Crippen LogP contribution is -2.51. The van der Waals surface area contributed by atoms with E-state index >= 15 is 0 Å². The van der Waals surface area contributed by atoms with Crippen molar-refractivity contribution in [1.29, 1.82) is 0 Å². The molecule has 1 amide bonds. The van der Waals surface area contributed by atoms with Gasteiger partial charge >= 0.3 is 0 Å². The van der Waals surface area contributed by atoms with Crippen LogP contribution in [0.3, 0.4) is 0 Å². The summed E-state index contributed by atoms with van der Waals surface area (Å²) in [6.07, 6.45) is 0.253. The van der Waals surface area contributed by atoms with Crippen molar-refractivity contribution >= 4 is 30.1 Å². The van der Waals surface area contributed by atoms with Gasteiger partial charge in [-0.25, -0.2) is 0 Å². The van der Waals surface area contributed by atoms with E-state index in [1.807, 2.05) is 16.7 Å². The standard InChI is InChI=1S/C10H18N2O2S.ClH/c1-8-7-15-3-2-12(8)10(13)6-14-9-4-11-5-9;/h8-9,11H,2-7H2,1H3;1H. The first-order valence-electron chi connectivity index (χ1n) is 5.47. The number of carbonyl (C=O) groups excluding carboxylic acids is 1. The molecule has 0 aromatic heterocycles. The molecule has 2 saturated heterocycles. The highest BCUT2D eigenvalue weighted by atomic mass is 35.5. The number of nitrogens with zero attached hydrogens (tertiary/aromatic N) is 1. The minimum absolute atomic E-state index is 0. The van der Waals surface area contributed by atoms with Crippen LogP contribution in [0.25, 0.3) is 0 Å². The Morgan fingerprint density at radius 1 is 1.56 bits per heavy atom. The van der Waals surface area contributed by atoms with Gasteiger partial charge in [-0.1, -0.05) is 0 Å². The van der Waals surface area contributed by atoms with Crippen molar-refractivity contribution < 1.29 is 9.53 Å². The maximum atomic E-state index is 11.8. The van der Waals surface area contributed by atoms with Gasteiger partial charge in [0.25, 0.3) is 0 Å². The van der Waals surface area contributed by atoms with Crippen molar-refractivity contribution in [3.63, 3.8) is 0 Å². The second-order valence-corrected chi connectivity index (χ2v) is 5.25. The van der Waals surface area contributed by atoms with E-state index in [0.29, 0.717) is 6.04 Å². The van der Waals surface area contributed by atoms with Crippen LogP contribution in [0.2, 0.25) is 0 Å². The molecule has 1 unspecified atom stereocenters. The van der Waals surface area contributed by atoms with Crippen molar-refractivity contribution in [2.45, 2.75) is 19.1 Å². The molecule has 0 bridgehead atoms. The van der Waals surface area contributed by atoms with E-state index in [1.54, 1.807) is 0 Å². The maximum Gasteiger partial charge on any atom is 0.248 e. The molecule has 0 spiro atoms. The zero-order chi connectivity index (χ0) is 10.7. The number of ether oxygens (including phenoxy) is 1. The smallest absolute Gasteiger partial charge is 0.248 e. The minimum atomic E-state index is 0. The molecule has 94 valence electrons. The number of hydrogen-bond donors (Lipinski definition) is 1. The lowest BCUT2D eigenvalue weighted by molar-refractivity contribution is -0.140. The van der Waals surface area contributed by atoms with Crippen LogP contribution < -0.4 is 5.32 Å². The van der Waals surface area contributed by atoms with Gasteiger partial charge in [0.2, 0.25) is 5.91 Å². The van der Waals surface area contributed by atoms with Gasteiger partial charge in [-0.2, -0.15) is 11.8 Å². The third kappa shape index (κ3) is 3.52. The molecular weight excluding hydrogens is 248 g/mol. The molecule has 2 aliphatic heterocycles. The number of amides is 1. The van der Waals surface area contributed by atoms with Crippen molar-refractivity contribution in [1.82, 2.24) is 10.2 Å². The minimum Gasteiger partial charge on any atom is -0.366 e. The molecule has 0 aromatic rings. The third-order valence-electron chi connectivity index (χ3n) is 2.87. The predicted molar refractivity (Wildman–Crippen MR) is 68.4 cm³/mol. The van der Waals surface area contributed by atoms with Crippen molar-refractivity contribution in [3.05, 3.63) is 0 Å². The fraction of sp³-hybridized carbons (Fsp3) is 0.900. The van der Waals surface area contributed by atoms with E-state index < -0.39 is 0 Å². The predicted octanol–water partition coefficient (Wildman–Crippen LogP) is 0.360. The molecule has 4 nitrogen and oxygen atoms in total.